The first kappa shape index (κ1) is 14.8. The number of hydrogen-bond acceptors (Lipinski definition) is 3. The molecule has 1 aliphatic heterocycles. The molecule has 0 unspecified atom stereocenters. The highest BCUT2D eigenvalue weighted by atomic mass is 35.5. The van der Waals surface area contributed by atoms with Gasteiger partial charge in [0.05, 0.1) is 0 Å². The third kappa shape index (κ3) is 4.22. The zero-order chi connectivity index (χ0) is 12.1. The molecule has 0 saturated heterocycles. The molecule has 1 aliphatic rings. The Morgan fingerprint density at radius 3 is 2.56 bits per heavy atom. The van der Waals surface area contributed by atoms with E-state index in [9.17, 15) is 0 Å². The summed E-state index contributed by atoms with van der Waals surface area (Å²) in [5, 5.41) is 6.75. The highest BCUT2D eigenvalue weighted by Crippen LogP contribution is 2.11. The van der Waals surface area contributed by atoms with Crippen LogP contribution in [0.2, 0.25) is 0 Å². The van der Waals surface area contributed by atoms with Gasteiger partial charge >= 0.3 is 0 Å². The van der Waals surface area contributed by atoms with Crippen molar-refractivity contribution in [3.63, 3.8) is 0 Å². The maximum Gasteiger partial charge on any atom is 0.128 e. The van der Waals surface area contributed by atoms with Crippen LogP contribution in [-0.2, 0) is 0 Å². The lowest BCUT2D eigenvalue weighted by molar-refractivity contribution is 0.689. The van der Waals surface area contributed by atoms with Gasteiger partial charge in [0.15, 0.2) is 0 Å². The molecule has 0 aromatic heterocycles. The minimum absolute atomic E-state index is 0. The summed E-state index contributed by atoms with van der Waals surface area (Å²) in [6.45, 7) is 7.41. The number of anilines is 1. The lowest BCUT2D eigenvalue weighted by Crippen LogP contribution is -2.30. The molecule has 2 N–H and O–H groups in total. The second-order valence-electron chi connectivity index (χ2n) is 4.86. The van der Waals surface area contributed by atoms with Crippen molar-refractivity contribution in [1.29, 1.82) is 0 Å². The zero-order valence-electron chi connectivity index (χ0n) is 11.1. The van der Waals surface area contributed by atoms with E-state index < -0.39 is 0 Å². The Balaban J connectivity index is 0.00000162. The van der Waals surface area contributed by atoms with Crippen molar-refractivity contribution in [3.05, 3.63) is 29.8 Å². The van der Waals surface area contributed by atoms with Gasteiger partial charge in [0.25, 0.3) is 0 Å². The van der Waals surface area contributed by atoms with Gasteiger partial charge in [-0.15, -0.1) is 12.4 Å². The largest absolute Gasteiger partial charge is 0.385 e. The van der Waals surface area contributed by atoms with Gasteiger partial charge in [-0.3, -0.25) is 4.99 Å². The predicted molar refractivity (Wildman–Crippen MR) is 81.0 cm³/mol. The highest BCUT2D eigenvalue weighted by Gasteiger charge is 2.06. The molecule has 0 spiro atoms. The average Bonchev–Trinajstić information content (AvgIpc) is 2.38. The van der Waals surface area contributed by atoms with Crippen LogP contribution in [0.25, 0.3) is 0 Å². The SMILES string of the molecule is CC(C)CNc1ccc(C2=NCCCN2)cc1.Cl. The number of amidine groups is 1. The van der Waals surface area contributed by atoms with Crippen molar-refractivity contribution in [2.45, 2.75) is 20.3 Å². The summed E-state index contributed by atoms with van der Waals surface area (Å²) in [6.07, 6.45) is 1.14. The van der Waals surface area contributed by atoms with Crippen molar-refractivity contribution in [1.82, 2.24) is 5.32 Å². The van der Waals surface area contributed by atoms with Crippen LogP contribution in [0.1, 0.15) is 25.8 Å². The highest BCUT2D eigenvalue weighted by molar-refractivity contribution is 5.99. The molecule has 0 aliphatic carbocycles. The van der Waals surface area contributed by atoms with E-state index in [2.05, 4.69) is 53.7 Å². The molecule has 1 aromatic rings. The van der Waals surface area contributed by atoms with Crippen molar-refractivity contribution >= 4 is 23.9 Å². The fraction of sp³-hybridized carbons (Fsp3) is 0.500. The summed E-state index contributed by atoms with van der Waals surface area (Å²) in [6, 6.07) is 8.49. The van der Waals surface area contributed by atoms with Crippen molar-refractivity contribution in [3.8, 4) is 0 Å². The summed E-state index contributed by atoms with van der Waals surface area (Å²) in [4.78, 5) is 4.49. The second kappa shape index (κ2) is 7.27. The fourth-order valence-electron chi connectivity index (χ4n) is 1.79. The van der Waals surface area contributed by atoms with Gasteiger partial charge in [-0.1, -0.05) is 13.8 Å². The van der Waals surface area contributed by atoms with Crippen LogP contribution in [0.3, 0.4) is 0 Å². The summed E-state index contributed by atoms with van der Waals surface area (Å²) in [5.41, 5.74) is 2.36. The molecule has 0 amide bonds. The van der Waals surface area contributed by atoms with Gasteiger partial charge < -0.3 is 10.6 Å². The molecule has 1 heterocycles. The Hall–Kier alpha value is -1.22. The smallest absolute Gasteiger partial charge is 0.128 e. The first-order valence-corrected chi connectivity index (χ1v) is 6.38. The standard InChI is InChI=1S/C14H21N3.ClH/c1-11(2)10-17-13-6-4-12(5-7-13)14-15-8-3-9-16-14;/h4-7,11,17H,3,8-10H2,1-2H3,(H,15,16);1H. The minimum atomic E-state index is 0. The maximum atomic E-state index is 4.49. The number of aliphatic imine (C=N–C) groups is 1. The topological polar surface area (TPSA) is 36.4 Å². The second-order valence-corrected chi connectivity index (χ2v) is 4.86. The lowest BCUT2D eigenvalue weighted by Gasteiger charge is -2.15. The van der Waals surface area contributed by atoms with E-state index in [0.29, 0.717) is 5.92 Å². The van der Waals surface area contributed by atoms with E-state index in [4.69, 9.17) is 0 Å². The van der Waals surface area contributed by atoms with Gasteiger partial charge in [0.1, 0.15) is 5.84 Å². The molecular formula is C14H22ClN3. The third-order valence-corrected chi connectivity index (χ3v) is 2.77. The molecule has 1 aromatic carbocycles. The predicted octanol–water partition coefficient (Wildman–Crippen LogP) is 2.92. The van der Waals surface area contributed by atoms with Crippen LogP contribution in [0.4, 0.5) is 5.69 Å². The van der Waals surface area contributed by atoms with Crippen LogP contribution in [0.15, 0.2) is 29.3 Å². The molecular weight excluding hydrogens is 246 g/mol. The third-order valence-electron chi connectivity index (χ3n) is 2.77. The first-order chi connectivity index (χ1) is 8.25. The van der Waals surface area contributed by atoms with Crippen LogP contribution in [0, 0.1) is 5.92 Å². The van der Waals surface area contributed by atoms with E-state index in [0.717, 1.165) is 31.9 Å². The molecule has 0 bridgehead atoms. The molecule has 4 heteroatoms. The number of nitrogens with zero attached hydrogens (tertiary/aromatic N) is 1. The molecule has 3 nitrogen and oxygen atoms in total. The number of hydrogen-bond donors (Lipinski definition) is 2. The monoisotopic (exact) mass is 267 g/mol. The van der Waals surface area contributed by atoms with Crippen molar-refractivity contribution < 1.29 is 0 Å². The molecule has 0 saturated carbocycles. The average molecular weight is 268 g/mol. The lowest BCUT2D eigenvalue weighted by atomic mass is 10.1. The molecule has 0 fully saturated rings. The van der Waals surface area contributed by atoms with E-state index in [1.165, 1.54) is 11.3 Å². The molecule has 18 heavy (non-hydrogen) atoms. The van der Waals surface area contributed by atoms with E-state index in [1.807, 2.05) is 0 Å². The van der Waals surface area contributed by atoms with E-state index in [1.54, 1.807) is 0 Å². The first-order valence-electron chi connectivity index (χ1n) is 6.38. The summed E-state index contributed by atoms with van der Waals surface area (Å²) in [7, 11) is 0. The number of nitrogens with one attached hydrogen (secondary N) is 2. The summed E-state index contributed by atoms with van der Waals surface area (Å²) < 4.78 is 0. The van der Waals surface area contributed by atoms with Crippen LogP contribution < -0.4 is 10.6 Å². The number of benzene rings is 1. The van der Waals surface area contributed by atoms with Gasteiger partial charge in [0, 0.05) is 30.9 Å². The van der Waals surface area contributed by atoms with E-state index in [-0.39, 0.29) is 12.4 Å². The zero-order valence-corrected chi connectivity index (χ0v) is 11.9. The van der Waals surface area contributed by atoms with Crippen LogP contribution in [-0.4, -0.2) is 25.5 Å². The molecule has 0 atom stereocenters. The molecule has 0 radical (unpaired) electrons. The quantitative estimate of drug-likeness (QED) is 0.880. The summed E-state index contributed by atoms with van der Waals surface area (Å²) >= 11 is 0. The summed E-state index contributed by atoms with van der Waals surface area (Å²) in [5.74, 6) is 1.70. The van der Waals surface area contributed by atoms with Gasteiger partial charge in [-0.2, -0.15) is 0 Å². The van der Waals surface area contributed by atoms with Crippen molar-refractivity contribution in [2.24, 2.45) is 10.9 Å². The number of halogens is 1. The Labute approximate surface area is 115 Å². The Kier molecular flexibility index (Phi) is 5.99. The minimum Gasteiger partial charge on any atom is -0.385 e. The Bertz CT molecular complexity index is 385. The normalized spacial score (nSPS) is 14.5. The maximum absolute atomic E-state index is 4.49. The van der Waals surface area contributed by atoms with E-state index >= 15 is 0 Å². The Morgan fingerprint density at radius 1 is 1.28 bits per heavy atom. The van der Waals surface area contributed by atoms with Gasteiger partial charge in [0.2, 0.25) is 0 Å². The molecule has 2 rings (SSSR count). The van der Waals surface area contributed by atoms with Gasteiger partial charge in [-0.05, 0) is 36.6 Å². The van der Waals surface area contributed by atoms with Crippen LogP contribution >= 0.6 is 12.4 Å². The van der Waals surface area contributed by atoms with Crippen LogP contribution in [0.5, 0.6) is 0 Å². The fourth-order valence-corrected chi connectivity index (χ4v) is 1.79. The molecule has 100 valence electrons. The Morgan fingerprint density at radius 2 is 2.00 bits per heavy atom. The van der Waals surface area contributed by atoms with Crippen molar-refractivity contribution in [2.75, 3.05) is 25.0 Å². The van der Waals surface area contributed by atoms with Gasteiger partial charge in [-0.25, -0.2) is 0 Å². The number of rotatable bonds is 4.